The first-order valence-electron chi connectivity index (χ1n) is 7.65. The summed E-state index contributed by atoms with van der Waals surface area (Å²) in [7, 11) is 0. The maximum absolute atomic E-state index is 11.9. The molecule has 2 amide bonds. The lowest BCUT2D eigenvalue weighted by Gasteiger charge is -2.07. The van der Waals surface area contributed by atoms with Crippen molar-refractivity contribution < 1.29 is 9.59 Å². The van der Waals surface area contributed by atoms with Crippen molar-refractivity contribution in [1.82, 2.24) is 0 Å². The summed E-state index contributed by atoms with van der Waals surface area (Å²) in [5, 5.41) is 5.53. The first-order chi connectivity index (χ1) is 11.6. The zero-order valence-electron chi connectivity index (χ0n) is 13.4. The average molecular weight is 320 g/mol. The lowest BCUT2D eigenvalue weighted by Crippen LogP contribution is -2.17. The Morgan fingerprint density at radius 3 is 1.33 bits per heavy atom. The first kappa shape index (κ1) is 17.2. The summed E-state index contributed by atoms with van der Waals surface area (Å²) in [6, 6.07) is 14.7. The van der Waals surface area contributed by atoms with Crippen LogP contribution in [0.4, 0.5) is 11.4 Å². The van der Waals surface area contributed by atoms with E-state index in [-0.39, 0.29) is 24.7 Å². The van der Waals surface area contributed by atoms with E-state index in [0.29, 0.717) is 11.4 Å². The quantitative estimate of drug-likeness (QED) is 0.797. The van der Waals surface area contributed by atoms with Crippen molar-refractivity contribution >= 4 is 35.3 Å². The number of amides is 2. The molecule has 0 radical (unpaired) electrons. The van der Waals surface area contributed by atoms with E-state index in [9.17, 15) is 9.59 Å². The van der Waals surface area contributed by atoms with Crippen LogP contribution >= 0.6 is 0 Å². The molecular weight excluding hydrogens is 300 g/mol. The molecule has 0 bridgehead atoms. The van der Waals surface area contributed by atoms with Gasteiger partial charge in [-0.25, -0.2) is 0 Å². The molecule has 0 aliphatic heterocycles. The SMILES string of the molecule is C=Cc1ccc(NC(=O)CCC(=O)Nc2ccc(C=C)cc2)cc1. The molecule has 4 nitrogen and oxygen atoms in total. The molecule has 0 atom stereocenters. The van der Waals surface area contributed by atoms with Gasteiger partial charge in [0.25, 0.3) is 0 Å². The van der Waals surface area contributed by atoms with Crippen molar-refractivity contribution in [2.24, 2.45) is 0 Å². The highest BCUT2D eigenvalue weighted by Crippen LogP contribution is 2.12. The number of rotatable bonds is 7. The van der Waals surface area contributed by atoms with E-state index in [1.807, 2.05) is 24.3 Å². The van der Waals surface area contributed by atoms with Gasteiger partial charge in [0.15, 0.2) is 0 Å². The monoisotopic (exact) mass is 320 g/mol. The number of hydrogen-bond acceptors (Lipinski definition) is 2. The minimum absolute atomic E-state index is 0.125. The van der Waals surface area contributed by atoms with Crippen LogP contribution in [0.25, 0.3) is 12.2 Å². The third-order valence-corrected chi connectivity index (χ3v) is 3.44. The van der Waals surface area contributed by atoms with E-state index < -0.39 is 0 Å². The fraction of sp³-hybridized carbons (Fsp3) is 0.100. The van der Waals surface area contributed by atoms with Crippen molar-refractivity contribution in [3.63, 3.8) is 0 Å². The molecule has 2 aromatic rings. The van der Waals surface area contributed by atoms with Gasteiger partial charge >= 0.3 is 0 Å². The Hall–Kier alpha value is -3.14. The molecule has 0 saturated heterocycles. The molecular formula is C20H20N2O2. The molecule has 2 N–H and O–H groups in total. The molecule has 122 valence electrons. The Morgan fingerprint density at radius 2 is 1.04 bits per heavy atom. The maximum Gasteiger partial charge on any atom is 0.224 e. The van der Waals surface area contributed by atoms with Gasteiger partial charge in [-0.15, -0.1) is 0 Å². The molecule has 0 aliphatic rings. The van der Waals surface area contributed by atoms with Gasteiger partial charge in [-0.2, -0.15) is 0 Å². The zero-order chi connectivity index (χ0) is 17.4. The summed E-state index contributed by atoms with van der Waals surface area (Å²) in [6.07, 6.45) is 3.72. The first-order valence-corrected chi connectivity index (χ1v) is 7.65. The van der Waals surface area contributed by atoms with E-state index in [4.69, 9.17) is 0 Å². The summed E-state index contributed by atoms with van der Waals surface area (Å²) in [5.74, 6) is -0.392. The summed E-state index contributed by atoms with van der Waals surface area (Å²) < 4.78 is 0. The van der Waals surface area contributed by atoms with E-state index >= 15 is 0 Å². The second kappa shape index (κ2) is 8.48. The van der Waals surface area contributed by atoms with Crippen LogP contribution in [0.15, 0.2) is 61.7 Å². The highest BCUT2D eigenvalue weighted by atomic mass is 16.2. The Kier molecular flexibility index (Phi) is 6.08. The maximum atomic E-state index is 11.9. The lowest BCUT2D eigenvalue weighted by molar-refractivity contribution is -0.121. The van der Waals surface area contributed by atoms with Gasteiger partial charge in [-0.05, 0) is 35.4 Å². The predicted molar refractivity (Wildman–Crippen MR) is 99.6 cm³/mol. The van der Waals surface area contributed by atoms with E-state index in [1.165, 1.54) is 0 Å². The van der Waals surface area contributed by atoms with Gasteiger partial charge < -0.3 is 10.6 Å². The lowest BCUT2D eigenvalue weighted by atomic mass is 10.2. The highest BCUT2D eigenvalue weighted by Gasteiger charge is 2.07. The second-order valence-corrected chi connectivity index (χ2v) is 5.25. The number of nitrogens with one attached hydrogen (secondary N) is 2. The van der Waals surface area contributed by atoms with E-state index in [2.05, 4.69) is 23.8 Å². The molecule has 2 rings (SSSR count). The summed E-state index contributed by atoms with van der Waals surface area (Å²) in [4.78, 5) is 23.8. The van der Waals surface area contributed by atoms with Crippen LogP contribution in [0, 0.1) is 0 Å². The van der Waals surface area contributed by atoms with E-state index in [0.717, 1.165) is 11.1 Å². The Labute approximate surface area is 141 Å². The van der Waals surface area contributed by atoms with E-state index in [1.54, 1.807) is 36.4 Å². The largest absolute Gasteiger partial charge is 0.326 e. The van der Waals surface area contributed by atoms with Crippen LogP contribution in [-0.4, -0.2) is 11.8 Å². The smallest absolute Gasteiger partial charge is 0.224 e. The van der Waals surface area contributed by atoms with Crippen LogP contribution in [0.3, 0.4) is 0 Å². The normalized spacial score (nSPS) is 9.83. The third-order valence-electron chi connectivity index (χ3n) is 3.44. The molecule has 0 heterocycles. The van der Waals surface area contributed by atoms with Gasteiger partial charge in [0, 0.05) is 24.2 Å². The standard InChI is InChI=1S/C20H20N2O2/c1-3-15-5-9-17(10-6-15)21-19(23)13-14-20(24)22-18-11-7-16(4-2)8-12-18/h3-12H,1-2,13-14H2,(H,21,23)(H,22,24). The Morgan fingerprint density at radius 1 is 0.708 bits per heavy atom. The topological polar surface area (TPSA) is 58.2 Å². The number of benzene rings is 2. The van der Waals surface area contributed by atoms with Crippen molar-refractivity contribution in [3.05, 3.63) is 72.8 Å². The number of carbonyl (C=O) groups is 2. The molecule has 0 aliphatic carbocycles. The molecule has 0 aromatic heterocycles. The van der Waals surface area contributed by atoms with Gasteiger partial charge in [-0.1, -0.05) is 49.6 Å². The third kappa shape index (κ3) is 5.25. The van der Waals surface area contributed by atoms with Crippen LogP contribution in [-0.2, 0) is 9.59 Å². The molecule has 0 saturated carbocycles. The molecule has 4 heteroatoms. The minimum Gasteiger partial charge on any atom is -0.326 e. The number of anilines is 2. The highest BCUT2D eigenvalue weighted by molar-refractivity contribution is 5.96. The Bertz CT molecular complexity index is 666. The zero-order valence-corrected chi connectivity index (χ0v) is 13.4. The van der Waals surface area contributed by atoms with Crippen LogP contribution < -0.4 is 10.6 Å². The van der Waals surface area contributed by atoms with Crippen LogP contribution in [0.2, 0.25) is 0 Å². The van der Waals surface area contributed by atoms with Crippen molar-refractivity contribution in [2.75, 3.05) is 10.6 Å². The second-order valence-electron chi connectivity index (χ2n) is 5.25. The van der Waals surface area contributed by atoms with Gasteiger partial charge in [0.1, 0.15) is 0 Å². The minimum atomic E-state index is -0.196. The molecule has 0 spiro atoms. The fourth-order valence-corrected chi connectivity index (χ4v) is 2.08. The van der Waals surface area contributed by atoms with Crippen molar-refractivity contribution in [2.45, 2.75) is 12.8 Å². The average Bonchev–Trinajstić information content (AvgIpc) is 2.61. The summed E-state index contributed by atoms with van der Waals surface area (Å²) >= 11 is 0. The molecule has 0 fully saturated rings. The van der Waals surface area contributed by atoms with Crippen molar-refractivity contribution in [1.29, 1.82) is 0 Å². The fourth-order valence-electron chi connectivity index (χ4n) is 2.08. The predicted octanol–water partition coefficient (Wildman–Crippen LogP) is 4.33. The number of carbonyl (C=O) groups excluding carboxylic acids is 2. The molecule has 24 heavy (non-hydrogen) atoms. The van der Waals surface area contributed by atoms with Gasteiger partial charge in [-0.3, -0.25) is 9.59 Å². The Balaban J connectivity index is 1.78. The number of hydrogen-bond donors (Lipinski definition) is 2. The van der Waals surface area contributed by atoms with Crippen LogP contribution in [0.1, 0.15) is 24.0 Å². The van der Waals surface area contributed by atoms with Crippen molar-refractivity contribution in [3.8, 4) is 0 Å². The summed E-state index contributed by atoms with van der Waals surface area (Å²) in [6.45, 7) is 7.36. The van der Waals surface area contributed by atoms with Gasteiger partial charge in [0.05, 0.1) is 0 Å². The van der Waals surface area contributed by atoms with Crippen LogP contribution in [0.5, 0.6) is 0 Å². The summed E-state index contributed by atoms with van der Waals surface area (Å²) in [5.41, 5.74) is 3.36. The molecule has 0 unspecified atom stereocenters. The molecule has 2 aromatic carbocycles. The van der Waals surface area contributed by atoms with Gasteiger partial charge in [0.2, 0.25) is 11.8 Å².